The van der Waals surface area contributed by atoms with Gasteiger partial charge < -0.3 is 0 Å². The van der Waals surface area contributed by atoms with Gasteiger partial charge in [-0.3, -0.25) is 0 Å². The first-order valence-electron chi connectivity index (χ1n) is 4.11. The van der Waals surface area contributed by atoms with Gasteiger partial charge in [0.2, 0.25) is 0 Å². The maximum Gasteiger partial charge on any atom is 0.153 e. The zero-order valence-electron chi connectivity index (χ0n) is 7.42. The van der Waals surface area contributed by atoms with Gasteiger partial charge in [-0.1, -0.05) is 46.9 Å². The molecule has 1 heterocycles. The standard InChI is InChI=1S/C10H5Cl3N2/c11-7-3-1-2-6(4-7)10-8(12)5-9(13)14-15-10/h1-5H. The van der Waals surface area contributed by atoms with Crippen molar-refractivity contribution >= 4 is 34.8 Å². The second-order valence-electron chi connectivity index (χ2n) is 2.87. The lowest BCUT2D eigenvalue weighted by molar-refractivity contribution is 1.04. The molecule has 0 aliphatic heterocycles. The molecular formula is C10H5Cl3N2. The average Bonchev–Trinajstić information content (AvgIpc) is 2.17. The molecule has 2 aromatic rings. The Kier molecular flexibility index (Phi) is 3.10. The van der Waals surface area contributed by atoms with Crippen molar-refractivity contribution in [3.8, 4) is 11.3 Å². The van der Waals surface area contributed by atoms with Crippen LogP contribution in [-0.2, 0) is 0 Å². The van der Waals surface area contributed by atoms with Gasteiger partial charge in [-0.15, -0.1) is 10.2 Å². The molecule has 0 unspecified atom stereocenters. The van der Waals surface area contributed by atoms with Gasteiger partial charge >= 0.3 is 0 Å². The van der Waals surface area contributed by atoms with Crippen LogP contribution in [0.25, 0.3) is 11.3 Å². The van der Waals surface area contributed by atoms with E-state index in [-0.39, 0.29) is 5.15 Å². The van der Waals surface area contributed by atoms with Crippen molar-refractivity contribution in [3.63, 3.8) is 0 Å². The molecule has 0 saturated heterocycles. The van der Waals surface area contributed by atoms with E-state index in [2.05, 4.69) is 10.2 Å². The number of aromatic nitrogens is 2. The predicted octanol–water partition coefficient (Wildman–Crippen LogP) is 4.10. The summed E-state index contributed by atoms with van der Waals surface area (Å²) in [6.45, 7) is 0. The number of nitrogens with zero attached hydrogens (tertiary/aromatic N) is 2. The minimum Gasteiger partial charge on any atom is -0.147 e. The lowest BCUT2D eigenvalue weighted by Gasteiger charge is -2.02. The molecule has 0 aliphatic rings. The molecule has 0 N–H and O–H groups in total. The minimum atomic E-state index is 0.269. The van der Waals surface area contributed by atoms with E-state index < -0.39 is 0 Å². The highest BCUT2D eigenvalue weighted by molar-refractivity contribution is 6.35. The molecule has 1 aromatic carbocycles. The number of hydrogen-bond acceptors (Lipinski definition) is 2. The smallest absolute Gasteiger partial charge is 0.147 e. The zero-order valence-corrected chi connectivity index (χ0v) is 9.68. The molecule has 0 fully saturated rings. The maximum atomic E-state index is 5.99. The van der Waals surface area contributed by atoms with E-state index in [4.69, 9.17) is 34.8 Å². The molecule has 0 atom stereocenters. The first-order valence-corrected chi connectivity index (χ1v) is 5.25. The van der Waals surface area contributed by atoms with E-state index in [1.165, 1.54) is 0 Å². The summed E-state index contributed by atoms with van der Waals surface area (Å²) in [4.78, 5) is 0. The summed E-state index contributed by atoms with van der Waals surface area (Å²) in [5.41, 5.74) is 1.39. The quantitative estimate of drug-likeness (QED) is 0.770. The Balaban J connectivity index is 2.54. The second-order valence-corrected chi connectivity index (χ2v) is 4.10. The Hall–Kier alpha value is -0.830. The van der Waals surface area contributed by atoms with Crippen molar-refractivity contribution in [1.29, 1.82) is 0 Å². The Morgan fingerprint density at radius 3 is 2.40 bits per heavy atom. The number of halogens is 3. The van der Waals surface area contributed by atoms with Crippen LogP contribution in [0.15, 0.2) is 30.3 Å². The molecule has 0 bridgehead atoms. The van der Waals surface area contributed by atoms with Crippen molar-refractivity contribution in [3.05, 3.63) is 45.5 Å². The number of hydrogen-bond donors (Lipinski definition) is 0. The van der Waals surface area contributed by atoms with E-state index in [0.29, 0.717) is 15.7 Å². The lowest BCUT2D eigenvalue weighted by Crippen LogP contribution is -1.89. The fourth-order valence-electron chi connectivity index (χ4n) is 1.18. The summed E-state index contributed by atoms with van der Waals surface area (Å²) in [5, 5.41) is 9.00. The minimum absolute atomic E-state index is 0.269. The fraction of sp³-hybridized carbons (Fsp3) is 0. The highest BCUT2D eigenvalue weighted by Crippen LogP contribution is 2.28. The molecule has 0 saturated carbocycles. The van der Waals surface area contributed by atoms with Crippen LogP contribution in [0.4, 0.5) is 0 Å². The van der Waals surface area contributed by atoms with E-state index in [1.807, 2.05) is 12.1 Å². The molecule has 1 aromatic heterocycles. The van der Waals surface area contributed by atoms with Crippen molar-refractivity contribution in [2.24, 2.45) is 0 Å². The molecule has 76 valence electrons. The third kappa shape index (κ3) is 2.40. The fourth-order valence-corrected chi connectivity index (χ4v) is 1.82. The molecule has 0 radical (unpaired) electrons. The van der Waals surface area contributed by atoms with E-state index >= 15 is 0 Å². The SMILES string of the molecule is Clc1cccc(-c2nnc(Cl)cc2Cl)c1. The maximum absolute atomic E-state index is 5.99. The van der Waals surface area contributed by atoms with E-state index in [9.17, 15) is 0 Å². The van der Waals surface area contributed by atoms with Gasteiger partial charge in [-0.25, -0.2) is 0 Å². The Labute approximate surface area is 102 Å². The number of rotatable bonds is 1. The normalized spacial score (nSPS) is 10.3. The van der Waals surface area contributed by atoms with Gasteiger partial charge in [0.05, 0.1) is 5.02 Å². The van der Waals surface area contributed by atoms with Gasteiger partial charge in [0.25, 0.3) is 0 Å². The zero-order chi connectivity index (χ0) is 10.8. The third-order valence-electron chi connectivity index (χ3n) is 1.82. The monoisotopic (exact) mass is 258 g/mol. The van der Waals surface area contributed by atoms with Crippen LogP contribution < -0.4 is 0 Å². The van der Waals surface area contributed by atoms with Crippen molar-refractivity contribution < 1.29 is 0 Å². The van der Waals surface area contributed by atoms with Crippen LogP contribution in [0.1, 0.15) is 0 Å². The van der Waals surface area contributed by atoms with Crippen molar-refractivity contribution in [2.75, 3.05) is 0 Å². The van der Waals surface area contributed by atoms with Crippen LogP contribution in [0.2, 0.25) is 15.2 Å². The molecule has 2 rings (SSSR count). The summed E-state index contributed by atoms with van der Waals surface area (Å²) in [5.74, 6) is 0. The summed E-state index contributed by atoms with van der Waals surface area (Å²) in [7, 11) is 0. The summed E-state index contributed by atoms with van der Waals surface area (Å²) >= 11 is 17.5. The highest BCUT2D eigenvalue weighted by Gasteiger charge is 2.07. The van der Waals surface area contributed by atoms with Crippen molar-refractivity contribution in [1.82, 2.24) is 10.2 Å². The number of benzene rings is 1. The highest BCUT2D eigenvalue weighted by atomic mass is 35.5. The summed E-state index contributed by atoms with van der Waals surface area (Å²) in [6, 6.07) is 8.78. The molecule has 15 heavy (non-hydrogen) atoms. The Bertz CT molecular complexity index is 500. The molecule has 0 aliphatic carbocycles. The van der Waals surface area contributed by atoms with Gasteiger partial charge in [-0.2, -0.15) is 0 Å². The molecule has 0 amide bonds. The van der Waals surface area contributed by atoms with Crippen LogP contribution in [0.3, 0.4) is 0 Å². The average molecular weight is 260 g/mol. The molecule has 0 spiro atoms. The van der Waals surface area contributed by atoms with Crippen molar-refractivity contribution in [2.45, 2.75) is 0 Å². The van der Waals surface area contributed by atoms with Gasteiger partial charge in [0.1, 0.15) is 5.69 Å². The first kappa shape index (κ1) is 10.7. The van der Waals surface area contributed by atoms with Gasteiger partial charge in [0.15, 0.2) is 5.15 Å². The molecule has 2 nitrogen and oxygen atoms in total. The first-order chi connectivity index (χ1) is 7.16. The van der Waals surface area contributed by atoms with Crippen LogP contribution in [0, 0.1) is 0 Å². The predicted molar refractivity (Wildman–Crippen MR) is 62.5 cm³/mol. The van der Waals surface area contributed by atoms with E-state index in [1.54, 1.807) is 18.2 Å². The third-order valence-corrected chi connectivity index (χ3v) is 2.52. The topological polar surface area (TPSA) is 25.8 Å². The molecule has 5 heteroatoms. The van der Waals surface area contributed by atoms with Crippen LogP contribution in [0.5, 0.6) is 0 Å². The molecular weight excluding hydrogens is 254 g/mol. The van der Waals surface area contributed by atoms with E-state index in [0.717, 1.165) is 5.56 Å². The Morgan fingerprint density at radius 2 is 1.73 bits per heavy atom. The lowest BCUT2D eigenvalue weighted by atomic mass is 10.1. The van der Waals surface area contributed by atoms with Gasteiger partial charge in [0, 0.05) is 10.6 Å². The van der Waals surface area contributed by atoms with Crippen LogP contribution in [-0.4, -0.2) is 10.2 Å². The second kappa shape index (κ2) is 4.35. The van der Waals surface area contributed by atoms with Crippen LogP contribution >= 0.6 is 34.8 Å². The summed E-state index contributed by atoms with van der Waals surface area (Å²) in [6.07, 6.45) is 0. The Morgan fingerprint density at radius 1 is 0.933 bits per heavy atom. The largest absolute Gasteiger partial charge is 0.153 e. The summed E-state index contributed by atoms with van der Waals surface area (Å²) < 4.78 is 0. The van der Waals surface area contributed by atoms with Gasteiger partial charge in [-0.05, 0) is 18.2 Å².